The molecule has 0 saturated carbocycles. The van der Waals surface area contributed by atoms with Gasteiger partial charge in [-0.15, -0.1) is 0 Å². The Hall–Kier alpha value is -2.14. The molecular weight excluding hydrogens is 330 g/mol. The smallest absolute Gasteiger partial charge is 0.277 e. The topological polar surface area (TPSA) is 46.9 Å². The number of fused-ring (bicyclic) bond motifs is 1. The van der Waals surface area contributed by atoms with Gasteiger partial charge >= 0.3 is 0 Å². The van der Waals surface area contributed by atoms with Crippen LogP contribution in [0.15, 0.2) is 46.9 Å². The van der Waals surface area contributed by atoms with Crippen LogP contribution in [0.1, 0.15) is 16.2 Å². The van der Waals surface area contributed by atoms with E-state index in [1.807, 2.05) is 56.4 Å². The molecule has 0 aliphatic heterocycles. The Labute approximate surface area is 130 Å². The molecule has 0 bridgehead atoms. The van der Waals surface area contributed by atoms with E-state index >= 15 is 0 Å². The van der Waals surface area contributed by atoms with Crippen molar-refractivity contribution >= 4 is 38.3 Å². The zero-order valence-electron chi connectivity index (χ0n) is 11.7. The first-order chi connectivity index (χ1) is 10.1. The van der Waals surface area contributed by atoms with Crippen LogP contribution < -0.4 is 5.32 Å². The molecule has 1 amide bonds. The fourth-order valence-electron chi connectivity index (χ4n) is 2.24. The molecule has 0 aliphatic rings. The number of amides is 1. The van der Waals surface area contributed by atoms with Crippen molar-refractivity contribution < 1.29 is 4.79 Å². The van der Waals surface area contributed by atoms with Crippen molar-refractivity contribution in [2.24, 2.45) is 7.05 Å². The highest BCUT2D eigenvalue weighted by Gasteiger charge is 2.18. The molecular formula is C16H14BrN3O. The number of carbonyl (C=O) groups is 1. The average molecular weight is 344 g/mol. The monoisotopic (exact) mass is 343 g/mol. The average Bonchev–Trinajstić information content (AvgIpc) is 2.75. The Morgan fingerprint density at radius 3 is 2.62 bits per heavy atom. The highest BCUT2D eigenvalue weighted by Crippen LogP contribution is 2.25. The van der Waals surface area contributed by atoms with Crippen LogP contribution in [-0.4, -0.2) is 15.7 Å². The van der Waals surface area contributed by atoms with Gasteiger partial charge in [-0.1, -0.05) is 36.4 Å². The second-order valence-electron chi connectivity index (χ2n) is 4.85. The van der Waals surface area contributed by atoms with Gasteiger partial charge in [0.1, 0.15) is 0 Å². The van der Waals surface area contributed by atoms with Crippen molar-refractivity contribution in [1.82, 2.24) is 9.78 Å². The van der Waals surface area contributed by atoms with Crippen LogP contribution in [0, 0.1) is 6.92 Å². The lowest BCUT2D eigenvalue weighted by Crippen LogP contribution is -2.13. The third-order valence-electron chi connectivity index (χ3n) is 3.51. The van der Waals surface area contributed by atoms with Crippen molar-refractivity contribution in [3.63, 3.8) is 0 Å². The number of carbonyl (C=O) groups excluding carboxylic acids is 1. The predicted octanol–water partition coefficient (Wildman–Crippen LogP) is 3.90. The molecule has 106 valence electrons. The Bertz CT molecular complexity index is 833. The lowest BCUT2D eigenvalue weighted by atomic mass is 10.1. The molecule has 0 spiro atoms. The first-order valence-corrected chi connectivity index (χ1v) is 7.35. The van der Waals surface area contributed by atoms with Crippen LogP contribution in [0.4, 0.5) is 5.69 Å². The Balaban J connectivity index is 1.98. The van der Waals surface area contributed by atoms with E-state index in [9.17, 15) is 4.79 Å². The lowest BCUT2D eigenvalue weighted by Gasteiger charge is -2.07. The van der Waals surface area contributed by atoms with Gasteiger partial charge in [0.05, 0.1) is 10.2 Å². The SMILES string of the molecule is Cc1c(Br)c(C(=O)Nc2cccc3ccccc23)nn1C. The largest absolute Gasteiger partial charge is 0.320 e. The number of halogens is 1. The number of aryl methyl sites for hydroxylation is 1. The molecule has 5 heteroatoms. The van der Waals surface area contributed by atoms with Crippen molar-refractivity contribution in [3.8, 4) is 0 Å². The number of rotatable bonds is 2. The van der Waals surface area contributed by atoms with Crippen LogP contribution in [-0.2, 0) is 7.05 Å². The third kappa shape index (κ3) is 2.45. The van der Waals surface area contributed by atoms with Crippen LogP contribution in [0.3, 0.4) is 0 Å². The number of aromatic nitrogens is 2. The molecule has 0 fully saturated rings. The van der Waals surface area contributed by atoms with Gasteiger partial charge in [-0.05, 0) is 34.3 Å². The molecule has 0 aliphatic carbocycles. The minimum atomic E-state index is -0.220. The predicted molar refractivity (Wildman–Crippen MR) is 87.5 cm³/mol. The summed E-state index contributed by atoms with van der Waals surface area (Å²) in [6.45, 7) is 1.91. The van der Waals surface area contributed by atoms with Crippen LogP contribution >= 0.6 is 15.9 Å². The number of benzene rings is 2. The second-order valence-corrected chi connectivity index (χ2v) is 5.65. The van der Waals surface area contributed by atoms with E-state index in [1.165, 1.54) is 0 Å². The summed E-state index contributed by atoms with van der Waals surface area (Å²) in [6, 6.07) is 13.8. The summed E-state index contributed by atoms with van der Waals surface area (Å²) < 4.78 is 2.41. The molecule has 21 heavy (non-hydrogen) atoms. The Morgan fingerprint density at radius 1 is 1.19 bits per heavy atom. The zero-order valence-corrected chi connectivity index (χ0v) is 13.3. The fraction of sp³-hybridized carbons (Fsp3) is 0.125. The molecule has 1 heterocycles. The summed E-state index contributed by atoms with van der Waals surface area (Å²) in [5.41, 5.74) is 2.09. The first-order valence-electron chi connectivity index (χ1n) is 6.56. The maximum Gasteiger partial charge on any atom is 0.277 e. The highest BCUT2D eigenvalue weighted by atomic mass is 79.9. The van der Waals surface area contributed by atoms with E-state index in [2.05, 4.69) is 26.3 Å². The summed E-state index contributed by atoms with van der Waals surface area (Å²) >= 11 is 3.42. The molecule has 4 nitrogen and oxygen atoms in total. The van der Waals surface area contributed by atoms with Gasteiger partial charge < -0.3 is 5.32 Å². The Morgan fingerprint density at radius 2 is 1.90 bits per heavy atom. The van der Waals surface area contributed by atoms with Crippen LogP contribution in [0.25, 0.3) is 10.8 Å². The minimum absolute atomic E-state index is 0.220. The molecule has 1 N–H and O–H groups in total. The van der Waals surface area contributed by atoms with Gasteiger partial charge in [0.25, 0.3) is 5.91 Å². The van der Waals surface area contributed by atoms with E-state index in [4.69, 9.17) is 0 Å². The van der Waals surface area contributed by atoms with E-state index in [0.717, 1.165) is 26.6 Å². The van der Waals surface area contributed by atoms with Crippen LogP contribution in [0.5, 0.6) is 0 Å². The number of hydrogen-bond acceptors (Lipinski definition) is 2. The van der Waals surface area contributed by atoms with Crippen molar-refractivity contribution in [1.29, 1.82) is 0 Å². The zero-order chi connectivity index (χ0) is 15.0. The summed E-state index contributed by atoms with van der Waals surface area (Å²) in [6.07, 6.45) is 0. The van der Waals surface area contributed by atoms with Crippen molar-refractivity contribution in [2.45, 2.75) is 6.92 Å². The van der Waals surface area contributed by atoms with Gasteiger partial charge in [0.2, 0.25) is 0 Å². The summed E-state index contributed by atoms with van der Waals surface area (Å²) in [4.78, 5) is 12.4. The molecule has 3 rings (SSSR count). The molecule has 0 saturated heterocycles. The maximum absolute atomic E-state index is 12.4. The van der Waals surface area contributed by atoms with Gasteiger partial charge in [-0.3, -0.25) is 9.48 Å². The van der Waals surface area contributed by atoms with Gasteiger partial charge in [-0.25, -0.2) is 0 Å². The maximum atomic E-state index is 12.4. The normalized spacial score (nSPS) is 10.8. The standard InChI is InChI=1S/C16H14BrN3O/c1-10-14(17)15(19-20(10)2)16(21)18-13-9-5-7-11-6-3-4-8-12(11)13/h3-9H,1-2H3,(H,18,21). The molecule has 1 aromatic heterocycles. The summed E-state index contributed by atoms with van der Waals surface area (Å²) in [5, 5.41) is 9.28. The molecule has 3 aromatic rings. The molecule has 2 aromatic carbocycles. The number of anilines is 1. The molecule has 0 atom stereocenters. The summed E-state index contributed by atoms with van der Waals surface area (Å²) in [7, 11) is 1.81. The lowest BCUT2D eigenvalue weighted by molar-refractivity contribution is 0.102. The summed E-state index contributed by atoms with van der Waals surface area (Å²) in [5.74, 6) is -0.220. The van der Waals surface area contributed by atoms with Gasteiger partial charge in [-0.2, -0.15) is 5.10 Å². The Kier molecular flexibility index (Phi) is 3.51. The van der Waals surface area contributed by atoms with Crippen molar-refractivity contribution in [2.75, 3.05) is 5.32 Å². The van der Waals surface area contributed by atoms with E-state index in [-0.39, 0.29) is 5.91 Å². The molecule has 0 radical (unpaired) electrons. The van der Waals surface area contributed by atoms with Crippen LogP contribution in [0.2, 0.25) is 0 Å². The van der Waals surface area contributed by atoms with E-state index < -0.39 is 0 Å². The minimum Gasteiger partial charge on any atom is -0.320 e. The van der Waals surface area contributed by atoms with Gasteiger partial charge in [0, 0.05) is 18.1 Å². The molecule has 0 unspecified atom stereocenters. The number of hydrogen-bond donors (Lipinski definition) is 1. The van der Waals surface area contributed by atoms with E-state index in [0.29, 0.717) is 5.69 Å². The quantitative estimate of drug-likeness (QED) is 0.767. The fourth-order valence-corrected chi connectivity index (χ4v) is 2.76. The number of nitrogens with one attached hydrogen (secondary N) is 1. The number of nitrogens with zero attached hydrogens (tertiary/aromatic N) is 2. The van der Waals surface area contributed by atoms with Crippen molar-refractivity contribution in [3.05, 3.63) is 58.3 Å². The highest BCUT2D eigenvalue weighted by molar-refractivity contribution is 9.10. The second kappa shape index (κ2) is 5.33. The van der Waals surface area contributed by atoms with E-state index in [1.54, 1.807) is 4.68 Å². The third-order valence-corrected chi connectivity index (χ3v) is 4.46. The first kappa shape index (κ1) is 13.8. The van der Waals surface area contributed by atoms with Gasteiger partial charge in [0.15, 0.2) is 5.69 Å².